The Kier molecular flexibility index (Phi) is 5.92. The van der Waals surface area contributed by atoms with Gasteiger partial charge < -0.3 is 26.0 Å². The summed E-state index contributed by atoms with van der Waals surface area (Å²) in [7, 11) is 0. The van der Waals surface area contributed by atoms with E-state index in [1.807, 2.05) is 0 Å². The highest BCUT2D eigenvalue weighted by molar-refractivity contribution is 9.10. The van der Waals surface area contributed by atoms with Crippen LogP contribution < -0.4 is 15.8 Å². The molecule has 0 radical (unpaired) electrons. The first-order valence-electron chi connectivity index (χ1n) is 7.03. The van der Waals surface area contributed by atoms with Gasteiger partial charge in [-0.05, 0) is 34.1 Å². The smallest absolute Gasteiger partial charge is 0.247 e. The summed E-state index contributed by atoms with van der Waals surface area (Å²) in [5, 5.41) is 22.3. The number of hydrogen-bond donors (Lipinski definition) is 4. The molecule has 0 saturated heterocycles. The summed E-state index contributed by atoms with van der Waals surface area (Å²) in [6, 6.07) is 3.76. The molecule has 0 spiro atoms. The monoisotopic (exact) mass is 402 g/mol. The van der Waals surface area contributed by atoms with E-state index in [1.165, 1.54) is 18.2 Å². The van der Waals surface area contributed by atoms with E-state index in [1.54, 1.807) is 0 Å². The van der Waals surface area contributed by atoms with Crippen molar-refractivity contribution in [3.63, 3.8) is 0 Å². The lowest BCUT2D eigenvalue weighted by atomic mass is 9.91. The quantitative estimate of drug-likeness (QED) is 0.551. The van der Waals surface area contributed by atoms with Crippen LogP contribution in [-0.4, -0.2) is 46.9 Å². The minimum absolute atomic E-state index is 0.112. The second-order valence-corrected chi connectivity index (χ2v) is 6.11. The van der Waals surface area contributed by atoms with E-state index in [-0.39, 0.29) is 24.3 Å². The first-order chi connectivity index (χ1) is 11.3. The van der Waals surface area contributed by atoms with Crippen molar-refractivity contribution in [2.24, 2.45) is 5.73 Å². The molecule has 0 saturated carbocycles. The van der Waals surface area contributed by atoms with Crippen LogP contribution in [0.1, 0.15) is 6.42 Å². The fraction of sp³-hybridized carbons (Fsp3) is 0.333. The fourth-order valence-corrected chi connectivity index (χ4v) is 2.54. The van der Waals surface area contributed by atoms with E-state index in [4.69, 9.17) is 10.5 Å². The van der Waals surface area contributed by atoms with Gasteiger partial charge in [-0.1, -0.05) is 0 Å². The molecule has 2 rings (SSSR count). The molecular formula is C15H16BrFN2O5. The standard InChI is InChI=1S/C15H16BrFN2O5/c16-9-2-1-8(17)5-11(9)24-12-4-7(3-10(20)14(12)22)15(23)19-6-13(18)21/h1-2,4-5,10,12,14,20,22H,3,6H2,(H2,18,21)(H,19,23). The van der Waals surface area contributed by atoms with Gasteiger partial charge in [0.15, 0.2) is 0 Å². The fourth-order valence-electron chi connectivity index (χ4n) is 2.20. The summed E-state index contributed by atoms with van der Waals surface area (Å²) in [5.74, 6) is -1.74. The topological polar surface area (TPSA) is 122 Å². The Morgan fingerprint density at radius 3 is 2.79 bits per heavy atom. The van der Waals surface area contributed by atoms with Crippen molar-refractivity contribution in [1.82, 2.24) is 5.32 Å². The lowest BCUT2D eigenvalue weighted by Crippen LogP contribution is -2.45. The molecule has 1 aromatic carbocycles. The summed E-state index contributed by atoms with van der Waals surface area (Å²) in [6.45, 7) is -0.351. The van der Waals surface area contributed by atoms with Crippen LogP contribution in [0.5, 0.6) is 5.75 Å². The van der Waals surface area contributed by atoms with Crippen LogP contribution in [0.4, 0.5) is 4.39 Å². The number of carbonyl (C=O) groups excluding carboxylic acids is 2. The second-order valence-electron chi connectivity index (χ2n) is 5.26. The SMILES string of the molecule is NC(=O)CNC(=O)C1=CC(Oc2cc(F)ccc2Br)C(O)C(O)C1. The zero-order valence-corrected chi connectivity index (χ0v) is 14.0. The molecule has 130 valence electrons. The number of primary amides is 1. The summed E-state index contributed by atoms with van der Waals surface area (Å²) in [4.78, 5) is 22.7. The summed E-state index contributed by atoms with van der Waals surface area (Å²) >= 11 is 3.19. The normalized spacial score (nSPS) is 23.3. The average Bonchev–Trinajstić information content (AvgIpc) is 2.52. The van der Waals surface area contributed by atoms with Crippen LogP contribution in [0.3, 0.4) is 0 Å². The van der Waals surface area contributed by atoms with Gasteiger partial charge in [0, 0.05) is 18.1 Å². The minimum atomic E-state index is -1.30. The van der Waals surface area contributed by atoms with Crippen molar-refractivity contribution < 1.29 is 28.9 Å². The number of aliphatic hydroxyl groups excluding tert-OH is 2. The Bertz CT molecular complexity index is 682. The van der Waals surface area contributed by atoms with Crippen molar-refractivity contribution in [3.8, 4) is 5.75 Å². The molecule has 9 heteroatoms. The largest absolute Gasteiger partial charge is 0.482 e. The number of halogens is 2. The van der Waals surface area contributed by atoms with E-state index in [2.05, 4.69) is 21.2 Å². The Morgan fingerprint density at radius 2 is 2.12 bits per heavy atom. The molecule has 1 aliphatic carbocycles. The van der Waals surface area contributed by atoms with Gasteiger partial charge in [0.1, 0.15) is 23.8 Å². The molecule has 0 heterocycles. The molecule has 0 aromatic heterocycles. The van der Waals surface area contributed by atoms with Gasteiger partial charge in [-0.15, -0.1) is 0 Å². The maximum atomic E-state index is 13.3. The Hall–Kier alpha value is -1.97. The maximum Gasteiger partial charge on any atom is 0.247 e. The van der Waals surface area contributed by atoms with E-state index >= 15 is 0 Å². The zero-order valence-electron chi connectivity index (χ0n) is 12.4. The van der Waals surface area contributed by atoms with Gasteiger partial charge in [-0.2, -0.15) is 0 Å². The molecule has 7 nitrogen and oxygen atoms in total. The second kappa shape index (κ2) is 7.73. The molecule has 0 bridgehead atoms. The van der Waals surface area contributed by atoms with Gasteiger partial charge in [-0.25, -0.2) is 4.39 Å². The lowest BCUT2D eigenvalue weighted by Gasteiger charge is -2.31. The lowest BCUT2D eigenvalue weighted by molar-refractivity contribution is -0.123. The maximum absolute atomic E-state index is 13.3. The minimum Gasteiger partial charge on any atom is -0.482 e. The highest BCUT2D eigenvalue weighted by Gasteiger charge is 2.34. The summed E-state index contributed by atoms with van der Waals surface area (Å²) in [5.41, 5.74) is 5.08. The highest BCUT2D eigenvalue weighted by Crippen LogP contribution is 2.30. The first-order valence-corrected chi connectivity index (χ1v) is 7.82. The number of nitrogens with two attached hydrogens (primary N) is 1. The number of rotatable bonds is 5. The Balaban J connectivity index is 2.20. The molecule has 1 aromatic rings. The summed E-state index contributed by atoms with van der Waals surface area (Å²) < 4.78 is 19.3. The third-order valence-electron chi connectivity index (χ3n) is 3.40. The molecule has 0 aliphatic heterocycles. The number of nitrogens with one attached hydrogen (secondary N) is 1. The predicted molar refractivity (Wildman–Crippen MR) is 85.4 cm³/mol. The van der Waals surface area contributed by atoms with Gasteiger partial charge in [0.05, 0.1) is 17.1 Å². The number of benzene rings is 1. The van der Waals surface area contributed by atoms with E-state index in [0.29, 0.717) is 4.47 Å². The predicted octanol–water partition coefficient (Wildman–Crippen LogP) is -0.0110. The Morgan fingerprint density at radius 1 is 1.42 bits per heavy atom. The summed E-state index contributed by atoms with van der Waals surface area (Å²) in [6.07, 6.45) is -2.41. The van der Waals surface area contributed by atoms with E-state index in [0.717, 1.165) is 6.07 Å². The van der Waals surface area contributed by atoms with Crippen LogP contribution in [0.15, 0.2) is 34.3 Å². The van der Waals surface area contributed by atoms with E-state index in [9.17, 15) is 24.2 Å². The zero-order chi connectivity index (χ0) is 17.9. The molecule has 24 heavy (non-hydrogen) atoms. The number of ether oxygens (including phenoxy) is 1. The van der Waals surface area contributed by atoms with Crippen molar-refractivity contribution in [2.45, 2.75) is 24.7 Å². The Labute approximate surface area is 145 Å². The number of aliphatic hydroxyl groups is 2. The number of amides is 2. The molecule has 0 fully saturated rings. The van der Waals surface area contributed by atoms with Gasteiger partial charge in [0.25, 0.3) is 0 Å². The first kappa shape index (κ1) is 18.4. The van der Waals surface area contributed by atoms with Crippen LogP contribution >= 0.6 is 15.9 Å². The van der Waals surface area contributed by atoms with Crippen molar-refractivity contribution in [2.75, 3.05) is 6.54 Å². The van der Waals surface area contributed by atoms with Gasteiger partial charge in [-0.3, -0.25) is 9.59 Å². The van der Waals surface area contributed by atoms with Crippen LogP contribution in [0.2, 0.25) is 0 Å². The van der Waals surface area contributed by atoms with Gasteiger partial charge >= 0.3 is 0 Å². The number of carbonyl (C=O) groups is 2. The molecule has 1 aliphatic rings. The molecule has 3 atom stereocenters. The average molecular weight is 403 g/mol. The molecular weight excluding hydrogens is 387 g/mol. The molecule has 5 N–H and O–H groups in total. The third-order valence-corrected chi connectivity index (χ3v) is 4.05. The third kappa shape index (κ3) is 4.53. The highest BCUT2D eigenvalue weighted by atomic mass is 79.9. The van der Waals surface area contributed by atoms with Crippen LogP contribution in [0.25, 0.3) is 0 Å². The molecule has 2 amide bonds. The number of hydrogen-bond acceptors (Lipinski definition) is 5. The van der Waals surface area contributed by atoms with Crippen molar-refractivity contribution >= 4 is 27.7 Å². The van der Waals surface area contributed by atoms with Crippen molar-refractivity contribution in [3.05, 3.63) is 40.1 Å². The molecule has 3 unspecified atom stereocenters. The van der Waals surface area contributed by atoms with Crippen LogP contribution in [0, 0.1) is 5.82 Å². The van der Waals surface area contributed by atoms with E-state index < -0.39 is 35.9 Å². The van der Waals surface area contributed by atoms with Gasteiger partial charge in [0.2, 0.25) is 11.8 Å². The van der Waals surface area contributed by atoms with Crippen molar-refractivity contribution in [1.29, 1.82) is 0 Å². The van der Waals surface area contributed by atoms with Crippen LogP contribution in [-0.2, 0) is 9.59 Å².